The lowest BCUT2D eigenvalue weighted by molar-refractivity contribution is 0.0952. The Morgan fingerprint density at radius 2 is 2.17 bits per heavy atom. The standard InChI is InChI=1S/C10H15N3O4S/c1-7-5-9(14)8(6-13-7)10(15)12-3-2-4-18(11,16)17/h5-6H,2-4H2,1H3,(H,12,15)(H,13,14)(H2,11,16,17). The molecular formula is C10H15N3O4S. The molecule has 0 unspecified atom stereocenters. The molecule has 0 saturated heterocycles. The second-order valence-corrected chi connectivity index (χ2v) is 5.60. The number of pyridine rings is 1. The summed E-state index contributed by atoms with van der Waals surface area (Å²) in [5.74, 6) is -0.747. The Kier molecular flexibility index (Phi) is 4.62. The number of aromatic nitrogens is 1. The van der Waals surface area contributed by atoms with Gasteiger partial charge in [0.25, 0.3) is 5.91 Å². The lowest BCUT2D eigenvalue weighted by atomic mass is 10.2. The third-order valence-electron chi connectivity index (χ3n) is 2.19. The smallest absolute Gasteiger partial charge is 0.256 e. The normalized spacial score (nSPS) is 11.2. The maximum Gasteiger partial charge on any atom is 0.256 e. The number of carbonyl (C=O) groups is 1. The predicted octanol–water partition coefficient (Wildman–Crippen LogP) is -0.908. The Balaban J connectivity index is 2.54. The highest BCUT2D eigenvalue weighted by molar-refractivity contribution is 7.89. The van der Waals surface area contributed by atoms with E-state index in [4.69, 9.17) is 5.14 Å². The van der Waals surface area contributed by atoms with Crippen molar-refractivity contribution in [3.05, 3.63) is 33.7 Å². The third kappa shape index (κ3) is 4.68. The molecule has 4 N–H and O–H groups in total. The first-order valence-corrected chi connectivity index (χ1v) is 6.99. The summed E-state index contributed by atoms with van der Waals surface area (Å²) in [6.07, 6.45) is 1.53. The number of primary sulfonamides is 1. The second-order valence-electron chi connectivity index (χ2n) is 3.87. The fourth-order valence-corrected chi connectivity index (χ4v) is 1.87. The van der Waals surface area contributed by atoms with Crippen LogP contribution < -0.4 is 15.9 Å². The molecule has 8 heteroatoms. The molecule has 0 aliphatic heterocycles. The molecule has 0 spiro atoms. The molecule has 100 valence electrons. The van der Waals surface area contributed by atoms with Gasteiger partial charge in [-0.3, -0.25) is 9.59 Å². The van der Waals surface area contributed by atoms with Gasteiger partial charge in [0.15, 0.2) is 5.43 Å². The molecule has 0 aromatic carbocycles. The Morgan fingerprint density at radius 1 is 1.50 bits per heavy atom. The number of rotatable bonds is 5. The number of nitrogens with one attached hydrogen (secondary N) is 2. The van der Waals surface area contributed by atoms with Crippen molar-refractivity contribution in [2.75, 3.05) is 12.3 Å². The molecule has 0 atom stereocenters. The monoisotopic (exact) mass is 273 g/mol. The van der Waals surface area contributed by atoms with E-state index in [1.54, 1.807) is 6.92 Å². The van der Waals surface area contributed by atoms with Crippen LogP contribution in [-0.2, 0) is 10.0 Å². The minimum absolute atomic E-state index is 0.00351. The van der Waals surface area contributed by atoms with E-state index >= 15 is 0 Å². The zero-order valence-electron chi connectivity index (χ0n) is 9.89. The third-order valence-corrected chi connectivity index (χ3v) is 3.05. The molecule has 1 amide bonds. The number of nitrogens with two attached hydrogens (primary N) is 1. The van der Waals surface area contributed by atoms with E-state index in [9.17, 15) is 18.0 Å². The van der Waals surface area contributed by atoms with Gasteiger partial charge in [0.05, 0.1) is 5.75 Å². The number of aryl methyl sites for hydroxylation is 1. The van der Waals surface area contributed by atoms with Gasteiger partial charge in [-0.25, -0.2) is 13.6 Å². The summed E-state index contributed by atoms with van der Waals surface area (Å²) >= 11 is 0. The van der Waals surface area contributed by atoms with Gasteiger partial charge in [0, 0.05) is 24.5 Å². The zero-order valence-corrected chi connectivity index (χ0v) is 10.7. The number of sulfonamides is 1. The van der Waals surface area contributed by atoms with Crippen molar-refractivity contribution in [3.63, 3.8) is 0 Å². The van der Waals surface area contributed by atoms with Crippen molar-refractivity contribution in [2.45, 2.75) is 13.3 Å². The highest BCUT2D eigenvalue weighted by atomic mass is 32.2. The Bertz CT molecular complexity index is 591. The van der Waals surface area contributed by atoms with Crippen molar-refractivity contribution < 1.29 is 13.2 Å². The first-order chi connectivity index (χ1) is 8.29. The molecule has 0 saturated carbocycles. The van der Waals surface area contributed by atoms with Crippen LogP contribution in [0.3, 0.4) is 0 Å². The van der Waals surface area contributed by atoms with Crippen LogP contribution in [-0.4, -0.2) is 31.6 Å². The van der Waals surface area contributed by atoms with E-state index in [0.717, 1.165) is 0 Å². The largest absolute Gasteiger partial charge is 0.364 e. The number of amides is 1. The molecule has 7 nitrogen and oxygen atoms in total. The summed E-state index contributed by atoms with van der Waals surface area (Å²) in [6, 6.07) is 1.32. The van der Waals surface area contributed by atoms with Gasteiger partial charge in [-0.05, 0) is 13.3 Å². The number of hydrogen-bond acceptors (Lipinski definition) is 4. The van der Waals surface area contributed by atoms with Crippen molar-refractivity contribution in [1.29, 1.82) is 0 Å². The molecule has 18 heavy (non-hydrogen) atoms. The van der Waals surface area contributed by atoms with Crippen molar-refractivity contribution in [3.8, 4) is 0 Å². The van der Waals surface area contributed by atoms with E-state index < -0.39 is 15.9 Å². The van der Waals surface area contributed by atoms with E-state index in [0.29, 0.717) is 5.69 Å². The molecule has 1 aromatic heterocycles. The maximum atomic E-state index is 11.6. The number of H-pyrrole nitrogens is 1. The fourth-order valence-electron chi connectivity index (χ4n) is 1.32. The fraction of sp³-hybridized carbons (Fsp3) is 0.400. The van der Waals surface area contributed by atoms with E-state index in [1.807, 2.05) is 0 Å². The van der Waals surface area contributed by atoms with E-state index in [-0.39, 0.29) is 29.7 Å². The van der Waals surface area contributed by atoms with Gasteiger partial charge in [-0.2, -0.15) is 0 Å². The van der Waals surface area contributed by atoms with Crippen LogP contribution in [0, 0.1) is 6.92 Å². The van der Waals surface area contributed by atoms with Crippen LogP contribution in [0.25, 0.3) is 0 Å². The van der Waals surface area contributed by atoms with Gasteiger partial charge >= 0.3 is 0 Å². The Morgan fingerprint density at radius 3 is 2.72 bits per heavy atom. The van der Waals surface area contributed by atoms with Crippen molar-refractivity contribution in [2.24, 2.45) is 5.14 Å². The summed E-state index contributed by atoms with van der Waals surface area (Å²) < 4.78 is 21.3. The summed E-state index contributed by atoms with van der Waals surface area (Å²) in [6.45, 7) is 1.85. The molecule has 0 aliphatic carbocycles. The van der Waals surface area contributed by atoms with Gasteiger partial charge in [-0.1, -0.05) is 0 Å². The van der Waals surface area contributed by atoms with Crippen LogP contribution in [0.15, 0.2) is 17.1 Å². The molecular weight excluding hydrogens is 258 g/mol. The SMILES string of the molecule is Cc1cc(=O)c(C(=O)NCCCS(N)(=O)=O)c[nH]1. The molecule has 1 heterocycles. The molecule has 0 fully saturated rings. The number of aromatic amines is 1. The maximum absolute atomic E-state index is 11.6. The Labute approximate surface area is 104 Å². The summed E-state index contributed by atoms with van der Waals surface area (Å²) in [5, 5.41) is 7.26. The van der Waals surface area contributed by atoms with Crippen LogP contribution >= 0.6 is 0 Å². The quantitative estimate of drug-likeness (QED) is 0.601. The van der Waals surface area contributed by atoms with Crippen molar-refractivity contribution in [1.82, 2.24) is 10.3 Å². The molecule has 0 aliphatic rings. The topological polar surface area (TPSA) is 122 Å². The average molecular weight is 273 g/mol. The second kappa shape index (κ2) is 5.78. The minimum atomic E-state index is -3.52. The first kappa shape index (κ1) is 14.4. The average Bonchev–Trinajstić information content (AvgIpc) is 2.22. The summed E-state index contributed by atoms with van der Waals surface area (Å²) in [5.41, 5.74) is 0.275. The number of carbonyl (C=O) groups excluding carboxylic acids is 1. The zero-order chi connectivity index (χ0) is 13.8. The van der Waals surface area contributed by atoms with E-state index in [1.165, 1.54) is 12.3 Å². The lowest BCUT2D eigenvalue weighted by Crippen LogP contribution is -2.31. The summed E-state index contributed by atoms with van der Waals surface area (Å²) in [7, 11) is -3.52. The molecule has 1 rings (SSSR count). The minimum Gasteiger partial charge on any atom is -0.364 e. The van der Waals surface area contributed by atoms with Crippen LogP contribution in [0.2, 0.25) is 0 Å². The lowest BCUT2D eigenvalue weighted by Gasteiger charge is -2.04. The molecule has 1 aromatic rings. The van der Waals surface area contributed by atoms with Gasteiger partial charge in [-0.15, -0.1) is 0 Å². The Hall–Kier alpha value is -1.67. The van der Waals surface area contributed by atoms with Crippen LogP contribution in [0.4, 0.5) is 0 Å². The highest BCUT2D eigenvalue weighted by Crippen LogP contribution is 1.92. The van der Waals surface area contributed by atoms with Gasteiger partial charge in [0.1, 0.15) is 5.56 Å². The number of hydrogen-bond donors (Lipinski definition) is 3. The summed E-state index contributed by atoms with van der Waals surface area (Å²) in [4.78, 5) is 25.8. The van der Waals surface area contributed by atoms with Crippen LogP contribution in [0.1, 0.15) is 22.5 Å². The van der Waals surface area contributed by atoms with Crippen LogP contribution in [0.5, 0.6) is 0 Å². The van der Waals surface area contributed by atoms with E-state index in [2.05, 4.69) is 10.3 Å². The highest BCUT2D eigenvalue weighted by Gasteiger charge is 2.10. The molecule has 0 bridgehead atoms. The van der Waals surface area contributed by atoms with Gasteiger partial charge < -0.3 is 10.3 Å². The van der Waals surface area contributed by atoms with Gasteiger partial charge in [0.2, 0.25) is 10.0 Å². The predicted molar refractivity (Wildman–Crippen MR) is 66.7 cm³/mol. The van der Waals surface area contributed by atoms with Crippen molar-refractivity contribution >= 4 is 15.9 Å². The first-order valence-electron chi connectivity index (χ1n) is 5.27. The molecule has 0 radical (unpaired) electrons.